The minimum absolute atomic E-state index is 0.0697. The lowest BCUT2D eigenvalue weighted by atomic mass is 10.3. The highest BCUT2D eigenvalue weighted by Crippen LogP contribution is 2.31. The Bertz CT molecular complexity index is 1020. The van der Waals surface area contributed by atoms with Crippen molar-refractivity contribution in [1.82, 2.24) is 9.88 Å². The molecule has 1 aliphatic rings. The Morgan fingerprint density at radius 1 is 1.04 bits per heavy atom. The van der Waals surface area contributed by atoms with Crippen molar-refractivity contribution in [2.75, 3.05) is 37.7 Å². The van der Waals surface area contributed by atoms with Crippen molar-refractivity contribution < 1.29 is 9.53 Å². The average molecular weight is 457 g/mol. The van der Waals surface area contributed by atoms with E-state index in [2.05, 4.69) is 9.88 Å². The number of carbonyl (C=O) groups is 1. The van der Waals surface area contributed by atoms with Gasteiger partial charge in [-0.15, -0.1) is 0 Å². The second-order valence-electron chi connectivity index (χ2n) is 6.34. The summed E-state index contributed by atoms with van der Waals surface area (Å²) in [6.45, 7) is 2.60. The van der Waals surface area contributed by atoms with Gasteiger partial charge in [-0.2, -0.15) is 0 Å². The predicted octanol–water partition coefficient (Wildman–Crippen LogP) is 4.98. The maximum atomic E-state index is 12.5. The number of hydrogen-bond acceptors (Lipinski definition) is 5. The second kappa shape index (κ2) is 8.33. The molecule has 0 unspecified atom stereocenters. The van der Waals surface area contributed by atoms with Gasteiger partial charge in [-0.1, -0.05) is 46.1 Å². The van der Waals surface area contributed by atoms with Crippen LogP contribution in [0, 0.1) is 0 Å². The molecule has 2 aromatic carbocycles. The molecule has 1 fully saturated rings. The van der Waals surface area contributed by atoms with Crippen molar-refractivity contribution in [1.29, 1.82) is 0 Å². The van der Waals surface area contributed by atoms with Crippen LogP contribution in [0.1, 0.15) is 0 Å². The molecule has 146 valence electrons. The number of hydrogen-bond donors (Lipinski definition) is 0. The monoisotopic (exact) mass is 455 g/mol. The maximum Gasteiger partial charge on any atom is 0.260 e. The first-order valence-electron chi connectivity index (χ1n) is 8.66. The number of ether oxygens (including phenoxy) is 1. The molecule has 1 aromatic heterocycles. The Hall–Kier alpha value is -1.73. The third kappa shape index (κ3) is 4.30. The molecule has 0 atom stereocenters. The topological polar surface area (TPSA) is 45.7 Å². The fourth-order valence-corrected chi connectivity index (χ4v) is 4.61. The Labute approximate surface area is 181 Å². The van der Waals surface area contributed by atoms with Crippen LogP contribution < -0.4 is 9.64 Å². The molecule has 5 nitrogen and oxygen atoms in total. The number of thiazole rings is 1. The maximum absolute atomic E-state index is 12.5. The summed E-state index contributed by atoms with van der Waals surface area (Å²) in [5, 5.41) is 2.60. The number of nitrogens with zero attached hydrogens (tertiary/aromatic N) is 3. The van der Waals surface area contributed by atoms with Gasteiger partial charge in [0.05, 0.1) is 15.2 Å². The molecular weight excluding hydrogens is 441 g/mol. The van der Waals surface area contributed by atoms with Crippen LogP contribution in [-0.4, -0.2) is 48.6 Å². The lowest BCUT2D eigenvalue weighted by molar-refractivity contribution is -0.133. The van der Waals surface area contributed by atoms with Crippen LogP contribution in [0.15, 0.2) is 36.4 Å². The zero-order valence-corrected chi connectivity index (χ0v) is 17.8. The van der Waals surface area contributed by atoms with Gasteiger partial charge in [-0.3, -0.25) is 4.79 Å². The smallest absolute Gasteiger partial charge is 0.260 e. The Morgan fingerprint density at radius 3 is 2.54 bits per heavy atom. The van der Waals surface area contributed by atoms with Crippen LogP contribution in [0.25, 0.3) is 10.2 Å². The third-order valence-corrected chi connectivity index (χ3v) is 6.35. The molecule has 2 heterocycles. The van der Waals surface area contributed by atoms with Gasteiger partial charge in [0, 0.05) is 42.3 Å². The third-order valence-electron chi connectivity index (χ3n) is 4.49. The van der Waals surface area contributed by atoms with Crippen molar-refractivity contribution in [2.24, 2.45) is 0 Å². The standard InChI is InChI=1S/C19H16Cl3N3O2S/c20-12-1-3-14(22)16(9-12)27-11-18(26)24-5-7-25(8-6-24)19-23-15-4-2-13(21)10-17(15)28-19/h1-4,9-10H,5-8,11H2. The molecule has 0 N–H and O–H groups in total. The van der Waals surface area contributed by atoms with Gasteiger partial charge < -0.3 is 14.5 Å². The zero-order valence-electron chi connectivity index (χ0n) is 14.7. The van der Waals surface area contributed by atoms with Crippen molar-refractivity contribution in [3.63, 3.8) is 0 Å². The Kier molecular flexibility index (Phi) is 5.83. The normalized spacial score (nSPS) is 14.5. The lowest BCUT2D eigenvalue weighted by Crippen LogP contribution is -2.50. The van der Waals surface area contributed by atoms with Gasteiger partial charge in [-0.25, -0.2) is 4.98 Å². The van der Waals surface area contributed by atoms with E-state index in [-0.39, 0.29) is 12.5 Å². The summed E-state index contributed by atoms with van der Waals surface area (Å²) >= 11 is 19.7. The van der Waals surface area contributed by atoms with Gasteiger partial charge in [0.1, 0.15) is 5.75 Å². The molecule has 0 aliphatic carbocycles. The van der Waals surface area contributed by atoms with Gasteiger partial charge in [0.15, 0.2) is 11.7 Å². The van der Waals surface area contributed by atoms with Gasteiger partial charge >= 0.3 is 0 Å². The molecule has 3 aromatic rings. The minimum atomic E-state index is -0.0771. The molecule has 9 heteroatoms. The van der Waals surface area contributed by atoms with Crippen molar-refractivity contribution in [3.05, 3.63) is 51.5 Å². The highest BCUT2D eigenvalue weighted by molar-refractivity contribution is 7.22. The van der Waals surface area contributed by atoms with Crippen LogP contribution in [0.2, 0.25) is 15.1 Å². The summed E-state index contributed by atoms with van der Waals surface area (Å²) in [6.07, 6.45) is 0. The summed E-state index contributed by atoms with van der Waals surface area (Å²) in [5.74, 6) is 0.334. The van der Waals surface area contributed by atoms with E-state index in [1.165, 1.54) is 0 Å². The van der Waals surface area contributed by atoms with Crippen molar-refractivity contribution >= 4 is 67.4 Å². The molecule has 0 saturated carbocycles. The highest BCUT2D eigenvalue weighted by Gasteiger charge is 2.23. The number of halogens is 3. The largest absolute Gasteiger partial charge is 0.482 e. The van der Waals surface area contributed by atoms with E-state index in [1.54, 1.807) is 34.4 Å². The van der Waals surface area contributed by atoms with E-state index in [1.807, 2.05) is 18.2 Å². The number of carbonyl (C=O) groups excluding carboxylic acids is 1. The number of piperazine rings is 1. The Morgan fingerprint density at radius 2 is 1.75 bits per heavy atom. The van der Waals surface area contributed by atoms with E-state index >= 15 is 0 Å². The molecule has 0 bridgehead atoms. The first-order valence-corrected chi connectivity index (χ1v) is 10.6. The van der Waals surface area contributed by atoms with Crippen LogP contribution in [0.5, 0.6) is 5.75 Å². The number of rotatable bonds is 4. The summed E-state index contributed by atoms with van der Waals surface area (Å²) in [5.41, 5.74) is 0.940. The SMILES string of the molecule is O=C(COc1cc(Cl)ccc1Cl)N1CCN(c2nc3ccc(Cl)cc3s2)CC1. The van der Waals surface area contributed by atoms with E-state index < -0.39 is 0 Å². The average Bonchev–Trinajstić information content (AvgIpc) is 3.11. The molecule has 0 radical (unpaired) electrons. The molecule has 0 spiro atoms. The summed E-state index contributed by atoms with van der Waals surface area (Å²) in [4.78, 5) is 21.1. The molecule has 4 rings (SSSR count). The van der Waals surface area contributed by atoms with Crippen LogP contribution in [0.4, 0.5) is 5.13 Å². The Balaban J connectivity index is 1.34. The number of aromatic nitrogens is 1. The van der Waals surface area contributed by atoms with Crippen LogP contribution >= 0.6 is 46.1 Å². The van der Waals surface area contributed by atoms with Crippen LogP contribution in [0.3, 0.4) is 0 Å². The first kappa shape index (κ1) is 19.6. The van der Waals surface area contributed by atoms with Crippen molar-refractivity contribution in [2.45, 2.75) is 0 Å². The zero-order chi connectivity index (χ0) is 19.7. The summed E-state index contributed by atoms with van der Waals surface area (Å²) < 4.78 is 6.61. The van der Waals surface area contributed by atoms with Crippen molar-refractivity contribution in [3.8, 4) is 5.75 Å². The van der Waals surface area contributed by atoms with Crippen LogP contribution in [-0.2, 0) is 4.79 Å². The van der Waals surface area contributed by atoms with Gasteiger partial charge in [0.2, 0.25) is 0 Å². The minimum Gasteiger partial charge on any atom is -0.482 e. The lowest BCUT2D eigenvalue weighted by Gasteiger charge is -2.34. The van der Waals surface area contributed by atoms with E-state index in [4.69, 9.17) is 39.5 Å². The first-order chi connectivity index (χ1) is 13.5. The summed E-state index contributed by atoms with van der Waals surface area (Å²) in [7, 11) is 0. The highest BCUT2D eigenvalue weighted by atomic mass is 35.5. The predicted molar refractivity (Wildman–Crippen MR) is 115 cm³/mol. The number of anilines is 1. The van der Waals surface area contributed by atoms with E-state index in [0.29, 0.717) is 33.9 Å². The quantitative estimate of drug-likeness (QED) is 0.555. The summed E-state index contributed by atoms with van der Waals surface area (Å²) in [6, 6.07) is 10.6. The van der Waals surface area contributed by atoms with E-state index in [0.717, 1.165) is 28.4 Å². The number of benzene rings is 2. The molecule has 1 amide bonds. The number of fused-ring (bicyclic) bond motifs is 1. The van der Waals surface area contributed by atoms with Gasteiger partial charge in [0.25, 0.3) is 5.91 Å². The fraction of sp³-hybridized carbons (Fsp3) is 0.263. The number of amides is 1. The van der Waals surface area contributed by atoms with Gasteiger partial charge in [-0.05, 0) is 30.3 Å². The molecule has 28 heavy (non-hydrogen) atoms. The molecule has 1 aliphatic heterocycles. The second-order valence-corrected chi connectivity index (χ2v) is 8.63. The molecular formula is C19H16Cl3N3O2S. The fourth-order valence-electron chi connectivity index (χ4n) is 2.99. The molecule has 1 saturated heterocycles. The van der Waals surface area contributed by atoms with E-state index in [9.17, 15) is 4.79 Å².